The molecule has 2 N–H and O–H groups in total. The summed E-state index contributed by atoms with van der Waals surface area (Å²) in [4.78, 5) is 0. The van der Waals surface area contributed by atoms with Gasteiger partial charge >= 0.3 is 0 Å². The monoisotopic (exact) mass is 259 g/mol. The number of hydrogen-bond acceptors (Lipinski definition) is 3. The van der Waals surface area contributed by atoms with Crippen LogP contribution in [0.15, 0.2) is 21.2 Å². The van der Waals surface area contributed by atoms with Gasteiger partial charge in [0, 0.05) is 0 Å². The first-order chi connectivity index (χ1) is 6.72. The quantitative estimate of drug-likeness (QED) is 0.811. The summed E-state index contributed by atoms with van der Waals surface area (Å²) in [6.45, 7) is 1.81. The van der Waals surface area contributed by atoms with Crippen LogP contribution in [-0.4, -0.2) is 18.2 Å². The number of hydrogen-bond donors (Lipinski definition) is 2. The van der Waals surface area contributed by atoms with Crippen molar-refractivity contribution >= 4 is 15.9 Å². The van der Waals surface area contributed by atoms with E-state index in [2.05, 4.69) is 21.2 Å². The summed E-state index contributed by atoms with van der Waals surface area (Å²) in [5, 5.41) is 13.7. The van der Waals surface area contributed by atoms with Crippen molar-refractivity contribution in [3.8, 4) is 0 Å². The van der Waals surface area contributed by atoms with Gasteiger partial charge in [0.2, 0.25) is 0 Å². The van der Waals surface area contributed by atoms with E-state index >= 15 is 0 Å². The molecule has 1 aliphatic rings. The van der Waals surface area contributed by atoms with Crippen molar-refractivity contribution in [2.24, 2.45) is 0 Å². The van der Waals surface area contributed by atoms with Gasteiger partial charge in [-0.2, -0.15) is 0 Å². The van der Waals surface area contributed by atoms with E-state index in [0.717, 1.165) is 30.4 Å². The molecule has 1 atom stereocenters. The molecule has 1 saturated heterocycles. The lowest BCUT2D eigenvalue weighted by molar-refractivity contribution is 0.00204. The van der Waals surface area contributed by atoms with Gasteiger partial charge in [0.1, 0.15) is 11.4 Å². The summed E-state index contributed by atoms with van der Waals surface area (Å²) in [5.74, 6) is 0.668. The van der Waals surface area contributed by atoms with E-state index in [1.165, 1.54) is 0 Å². The predicted molar refractivity (Wildman–Crippen MR) is 57.0 cm³/mol. The second kappa shape index (κ2) is 4.04. The Kier molecular flexibility index (Phi) is 2.95. The summed E-state index contributed by atoms with van der Waals surface area (Å²) < 4.78 is 6.20. The van der Waals surface area contributed by atoms with Crippen molar-refractivity contribution in [3.63, 3.8) is 0 Å². The third-order valence-electron chi connectivity index (χ3n) is 2.70. The van der Waals surface area contributed by atoms with Crippen LogP contribution in [0, 0.1) is 0 Å². The molecule has 0 saturated carbocycles. The molecule has 0 aromatic carbocycles. The Labute approximate surface area is 91.6 Å². The Bertz CT molecular complexity index is 303. The maximum absolute atomic E-state index is 10.4. The lowest BCUT2D eigenvalue weighted by Gasteiger charge is -2.24. The highest BCUT2D eigenvalue weighted by molar-refractivity contribution is 9.10. The number of aliphatic hydroxyl groups is 1. The summed E-state index contributed by atoms with van der Waals surface area (Å²) in [7, 11) is 0. The second-order valence-corrected chi connectivity index (χ2v) is 4.59. The normalized spacial score (nSPS) is 28.7. The molecule has 14 heavy (non-hydrogen) atoms. The standard InChI is InChI=1S/C10H14BrNO2/c11-8-2-7-14-9(8)10(13)3-1-5-12-6-4-10/h2,7,12-13H,1,3-6H2. The van der Waals surface area contributed by atoms with Crippen LogP contribution in [0.25, 0.3) is 0 Å². The fourth-order valence-corrected chi connectivity index (χ4v) is 2.47. The lowest BCUT2D eigenvalue weighted by Crippen LogP contribution is -2.26. The molecule has 1 unspecified atom stereocenters. The maximum Gasteiger partial charge on any atom is 0.149 e. The predicted octanol–water partition coefficient (Wildman–Crippen LogP) is 2.00. The van der Waals surface area contributed by atoms with Gasteiger partial charge in [-0.25, -0.2) is 0 Å². The minimum atomic E-state index is -0.800. The van der Waals surface area contributed by atoms with Crippen molar-refractivity contribution in [3.05, 3.63) is 22.6 Å². The van der Waals surface area contributed by atoms with Gasteiger partial charge in [-0.3, -0.25) is 0 Å². The van der Waals surface area contributed by atoms with Crippen LogP contribution in [-0.2, 0) is 5.60 Å². The molecule has 1 aromatic heterocycles. The largest absolute Gasteiger partial charge is 0.465 e. The number of furan rings is 1. The van der Waals surface area contributed by atoms with Crippen LogP contribution in [0.3, 0.4) is 0 Å². The molecule has 0 radical (unpaired) electrons. The van der Waals surface area contributed by atoms with Crippen molar-refractivity contribution in [1.82, 2.24) is 5.32 Å². The van der Waals surface area contributed by atoms with Gasteiger partial charge in [-0.05, 0) is 54.3 Å². The summed E-state index contributed by atoms with van der Waals surface area (Å²) >= 11 is 3.39. The lowest BCUT2D eigenvalue weighted by atomic mass is 9.92. The van der Waals surface area contributed by atoms with Crippen molar-refractivity contribution < 1.29 is 9.52 Å². The van der Waals surface area contributed by atoms with E-state index in [9.17, 15) is 5.11 Å². The molecule has 0 aliphatic carbocycles. The number of halogens is 1. The Balaban J connectivity index is 2.25. The van der Waals surface area contributed by atoms with Crippen LogP contribution in [0.2, 0.25) is 0 Å². The molecular formula is C10H14BrNO2. The van der Waals surface area contributed by atoms with E-state index in [0.29, 0.717) is 12.2 Å². The highest BCUT2D eigenvalue weighted by Crippen LogP contribution is 2.36. The second-order valence-electron chi connectivity index (χ2n) is 3.73. The van der Waals surface area contributed by atoms with Crippen molar-refractivity contribution in [1.29, 1.82) is 0 Å². The first kappa shape index (κ1) is 10.2. The summed E-state index contributed by atoms with van der Waals surface area (Å²) in [5.41, 5.74) is -0.800. The van der Waals surface area contributed by atoms with E-state index in [4.69, 9.17) is 4.42 Å². The third kappa shape index (κ3) is 1.87. The first-order valence-electron chi connectivity index (χ1n) is 4.89. The molecule has 0 bridgehead atoms. The van der Waals surface area contributed by atoms with Gasteiger partial charge in [-0.15, -0.1) is 0 Å². The fraction of sp³-hybridized carbons (Fsp3) is 0.600. The Morgan fingerprint density at radius 2 is 2.29 bits per heavy atom. The molecule has 1 aromatic rings. The fourth-order valence-electron chi connectivity index (χ4n) is 1.90. The molecule has 78 valence electrons. The van der Waals surface area contributed by atoms with Gasteiger partial charge in [0.05, 0.1) is 10.7 Å². The molecule has 2 rings (SSSR count). The summed E-state index contributed by atoms with van der Waals surface area (Å²) in [6.07, 6.45) is 4.05. The topological polar surface area (TPSA) is 45.4 Å². The molecule has 0 amide bonds. The smallest absolute Gasteiger partial charge is 0.149 e. The van der Waals surface area contributed by atoms with Crippen LogP contribution >= 0.6 is 15.9 Å². The van der Waals surface area contributed by atoms with E-state index < -0.39 is 5.60 Å². The van der Waals surface area contributed by atoms with Gasteiger partial charge in [-0.1, -0.05) is 0 Å². The number of nitrogens with one attached hydrogen (secondary N) is 1. The first-order valence-corrected chi connectivity index (χ1v) is 5.68. The number of rotatable bonds is 1. The van der Waals surface area contributed by atoms with Crippen LogP contribution in [0.1, 0.15) is 25.0 Å². The van der Waals surface area contributed by atoms with Crippen LogP contribution in [0.4, 0.5) is 0 Å². The molecule has 1 aliphatic heterocycles. The molecule has 2 heterocycles. The zero-order valence-electron chi connectivity index (χ0n) is 7.92. The van der Waals surface area contributed by atoms with Crippen LogP contribution < -0.4 is 5.32 Å². The van der Waals surface area contributed by atoms with E-state index in [1.807, 2.05) is 6.07 Å². The van der Waals surface area contributed by atoms with Crippen molar-refractivity contribution in [2.45, 2.75) is 24.9 Å². The average Bonchev–Trinajstić information content (AvgIpc) is 2.46. The van der Waals surface area contributed by atoms with Gasteiger partial charge in [0.15, 0.2) is 0 Å². The average molecular weight is 260 g/mol. The summed E-state index contributed by atoms with van der Waals surface area (Å²) in [6, 6.07) is 1.83. The van der Waals surface area contributed by atoms with E-state index in [1.54, 1.807) is 6.26 Å². The van der Waals surface area contributed by atoms with Gasteiger partial charge in [0.25, 0.3) is 0 Å². The van der Waals surface area contributed by atoms with Crippen molar-refractivity contribution in [2.75, 3.05) is 13.1 Å². The SMILES string of the molecule is OC1(c2occc2Br)CCCNCC1. The van der Waals surface area contributed by atoms with E-state index in [-0.39, 0.29) is 0 Å². The minimum absolute atomic E-state index is 0.668. The van der Waals surface area contributed by atoms with Crippen LogP contribution in [0.5, 0.6) is 0 Å². The third-order valence-corrected chi connectivity index (χ3v) is 3.32. The minimum Gasteiger partial charge on any atom is -0.465 e. The molecule has 3 nitrogen and oxygen atoms in total. The van der Waals surface area contributed by atoms with Gasteiger partial charge < -0.3 is 14.8 Å². The zero-order valence-corrected chi connectivity index (χ0v) is 9.51. The highest BCUT2D eigenvalue weighted by Gasteiger charge is 2.34. The Hall–Kier alpha value is -0.320. The molecular weight excluding hydrogens is 246 g/mol. The molecule has 0 spiro atoms. The Morgan fingerprint density at radius 1 is 1.43 bits per heavy atom. The highest BCUT2D eigenvalue weighted by atomic mass is 79.9. The molecule has 1 fully saturated rings. The maximum atomic E-state index is 10.4. The zero-order chi connectivity index (χ0) is 10.0. The Morgan fingerprint density at radius 3 is 3.00 bits per heavy atom. The molecule has 4 heteroatoms.